The fourth-order valence-electron chi connectivity index (χ4n) is 3.06. The zero-order valence-corrected chi connectivity index (χ0v) is 15.3. The molecule has 1 fully saturated rings. The van der Waals surface area contributed by atoms with Crippen LogP contribution >= 0.6 is 0 Å². The molecule has 1 aliphatic heterocycles. The molecule has 1 aliphatic rings. The van der Waals surface area contributed by atoms with E-state index in [0.29, 0.717) is 24.4 Å². The fraction of sp³-hybridized carbons (Fsp3) is 0.625. The first-order valence-electron chi connectivity index (χ1n) is 8.18. The van der Waals surface area contributed by atoms with E-state index in [4.69, 9.17) is 0 Å². The molecule has 24 heavy (non-hydrogen) atoms. The number of rotatable bonds is 6. The van der Waals surface area contributed by atoms with E-state index in [2.05, 4.69) is 11.9 Å². The molecule has 7 nitrogen and oxygen atoms in total. The molecular weight excluding hydrogens is 330 g/mol. The zero-order chi connectivity index (χ0) is 17.9. The second-order valence-corrected chi connectivity index (χ2v) is 8.45. The Morgan fingerprint density at radius 3 is 2.50 bits per heavy atom. The van der Waals surface area contributed by atoms with Crippen molar-refractivity contribution in [3.8, 4) is 0 Å². The Kier molecular flexibility index (Phi) is 5.95. The van der Waals surface area contributed by atoms with Crippen molar-refractivity contribution in [2.75, 3.05) is 33.7 Å². The van der Waals surface area contributed by atoms with Gasteiger partial charge >= 0.3 is 0 Å². The molecule has 0 amide bonds. The van der Waals surface area contributed by atoms with E-state index in [0.717, 1.165) is 25.9 Å². The lowest BCUT2D eigenvalue weighted by molar-refractivity contribution is -0.385. The Labute approximate surface area is 143 Å². The highest BCUT2D eigenvalue weighted by molar-refractivity contribution is 7.89. The summed E-state index contributed by atoms with van der Waals surface area (Å²) < 4.78 is 27.2. The molecule has 0 radical (unpaired) electrons. The molecule has 0 aliphatic carbocycles. The predicted octanol–water partition coefficient (Wildman–Crippen LogP) is 2.12. The molecule has 0 atom stereocenters. The minimum absolute atomic E-state index is 0.0506. The molecule has 0 bridgehead atoms. The van der Waals surface area contributed by atoms with Gasteiger partial charge in [0.1, 0.15) is 0 Å². The second kappa shape index (κ2) is 7.58. The quantitative estimate of drug-likeness (QED) is 0.576. The van der Waals surface area contributed by atoms with Gasteiger partial charge in [0.15, 0.2) is 0 Å². The first-order chi connectivity index (χ1) is 11.3. The average molecular weight is 355 g/mol. The Morgan fingerprint density at radius 1 is 1.33 bits per heavy atom. The van der Waals surface area contributed by atoms with E-state index in [9.17, 15) is 18.5 Å². The third-order valence-electron chi connectivity index (χ3n) is 4.68. The summed E-state index contributed by atoms with van der Waals surface area (Å²) in [5.41, 5.74) is 0.411. The van der Waals surface area contributed by atoms with Crippen molar-refractivity contribution in [1.29, 1.82) is 0 Å². The number of benzene rings is 1. The van der Waals surface area contributed by atoms with Crippen LogP contribution in [-0.4, -0.2) is 56.3 Å². The summed E-state index contributed by atoms with van der Waals surface area (Å²) in [6.45, 7) is 4.23. The van der Waals surface area contributed by atoms with E-state index in [1.807, 2.05) is 6.92 Å². The van der Waals surface area contributed by atoms with Gasteiger partial charge in [-0.05, 0) is 50.9 Å². The van der Waals surface area contributed by atoms with Gasteiger partial charge in [-0.15, -0.1) is 0 Å². The van der Waals surface area contributed by atoms with Gasteiger partial charge in [-0.2, -0.15) is 0 Å². The summed E-state index contributed by atoms with van der Waals surface area (Å²) in [7, 11) is -0.111. The number of nitro groups is 1. The Hall–Kier alpha value is -1.51. The van der Waals surface area contributed by atoms with Crippen LogP contribution in [0.2, 0.25) is 0 Å². The Bertz CT molecular complexity index is 697. The van der Waals surface area contributed by atoms with Crippen LogP contribution in [-0.2, 0) is 16.4 Å². The molecule has 134 valence electrons. The van der Waals surface area contributed by atoms with E-state index < -0.39 is 14.9 Å². The number of likely N-dealkylation sites (tertiary alicyclic amines) is 1. The summed E-state index contributed by atoms with van der Waals surface area (Å²) in [6, 6.07) is 4.07. The van der Waals surface area contributed by atoms with E-state index in [1.165, 1.54) is 22.5 Å². The van der Waals surface area contributed by atoms with Crippen LogP contribution in [0.15, 0.2) is 23.1 Å². The predicted molar refractivity (Wildman–Crippen MR) is 92.5 cm³/mol. The van der Waals surface area contributed by atoms with Crippen LogP contribution in [0.5, 0.6) is 0 Å². The molecule has 1 aromatic carbocycles. The van der Waals surface area contributed by atoms with Gasteiger partial charge in [0.2, 0.25) is 10.0 Å². The zero-order valence-electron chi connectivity index (χ0n) is 14.4. The van der Waals surface area contributed by atoms with Gasteiger partial charge in [0, 0.05) is 25.7 Å². The van der Waals surface area contributed by atoms with Gasteiger partial charge in [-0.25, -0.2) is 12.7 Å². The monoisotopic (exact) mass is 355 g/mol. The second-order valence-electron chi connectivity index (χ2n) is 6.43. The van der Waals surface area contributed by atoms with E-state index >= 15 is 0 Å². The van der Waals surface area contributed by atoms with Crippen molar-refractivity contribution in [2.24, 2.45) is 5.92 Å². The van der Waals surface area contributed by atoms with Crippen LogP contribution in [0.1, 0.15) is 25.3 Å². The van der Waals surface area contributed by atoms with Gasteiger partial charge in [-0.1, -0.05) is 13.0 Å². The molecule has 1 aromatic rings. The lowest BCUT2D eigenvalue weighted by Gasteiger charge is -2.31. The largest absolute Gasteiger partial charge is 0.306 e. The van der Waals surface area contributed by atoms with Crippen LogP contribution < -0.4 is 0 Å². The standard InChI is InChI=1S/C16H25N3O4S/c1-4-14-5-6-15(19(20)21)11-16(14)24(22,23)18(3)12-13-7-9-17(2)10-8-13/h5-6,11,13H,4,7-10,12H2,1-3H3. The number of hydrogen-bond acceptors (Lipinski definition) is 5. The Balaban J connectivity index is 2.25. The van der Waals surface area contributed by atoms with Gasteiger partial charge in [0.25, 0.3) is 5.69 Å². The highest BCUT2D eigenvalue weighted by atomic mass is 32.2. The molecule has 1 heterocycles. The summed E-state index contributed by atoms with van der Waals surface area (Å²) >= 11 is 0. The smallest absolute Gasteiger partial charge is 0.270 e. The van der Waals surface area contributed by atoms with Gasteiger partial charge < -0.3 is 4.90 Å². The molecule has 1 saturated heterocycles. The van der Waals surface area contributed by atoms with E-state index in [-0.39, 0.29) is 10.6 Å². The summed E-state index contributed by atoms with van der Waals surface area (Å²) in [6.07, 6.45) is 2.44. The van der Waals surface area contributed by atoms with Gasteiger partial charge in [-0.3, -0.25) is 10.1 Å². The maximum atomic E-state index is 12.9. The van der Waals surface area contributed by atoms with Crippen molar-refractivity contribution in [2.45, 2.75) is 31.1 Å². The lowest BCUT2D eigenvalue weighted by Crippen LogP contribution is -2.38. The molecule has 0 unspecified atom stereocenters. The first-order valence-corrected chi connectivity index (χ1v) is 9.62. The highest BCUT2D eigenvalue weighted by Crippen LogP contribution is 2.27. The molecule has 0 spiro atoms. The third kappa shape index (κ3) is 4.12. The summed E-state index contributed by atoms with van der Waals surface area (Å²) in [4.78, 5) is 12.7. The van der Waals surface area contributed by atoms with Crippen molar-refractivity contribution >= 4 is 15.7 Å². The minimum Gasteiger partial charge on any atom is -0.306 e. The lowest BCUT2D eigenvalue weighted by atomic mass is 9.97. The van der Waals surface area contributed by atoms with Crippen LogP contribution in [0.25, 0.3) is 0 Å². The summed E-state index contributed by atoms with van der Waals surface area (Å²) in [5, 5.41) is 11.0. The molecule has 0 saturated carbocycles. The van der Waals surface area contributed by atoms with Crippen molar-refractivity contribution < 1.29 is 13.3 Å². The summed E-state index contributed by atoms with van der Waals surface area (Å²) in [5.74, 6) is 0.324. The third-order valence-corrected chi connectivity index (χ3v) is 6.59. The number of aryl methyl sites for hydroxylation is 1. The molecular formula is C16H25N3O4S. The van der Waals surface area contributed by atoms with Crippen LogP contribution in [0, 0.1) is 16.0 Å². The molecule has 0 aromatic heterocycles. The minimum atomic E-state index is -3.74. The molecule has 2 rings (SSSR count). The average Bonchev–Trinajstić information content (AvgIpc) is 2.56. The molecule has 0 N–H and O–H groups in total. The van der Waals surface area contributed by atoms with Crippen molar-refractivity contribution in [3.63, 3.8) is 0 Å². The van der Waals surface area contributed by atoms with E-state index in [1.54, 1.807) is 7.05 Å². The molecule has 8 heteroatoms. The number of nitrogens with zero attached hydrogens (tertiary/aromatic N) is 3. The van der Waals surface area contributed by atoms with Gasteiger partial charge in [0.05, 0.1) is 9.82 Å². The number of hydrogen-bond donors (Lipinski definition) is 0. The van der Waals surface area contributed by atoms with Crippen molar-refractivity contribution in [1.82, 2.24) is 9.21 Å². The fourth-order valence-corrected chi connectivity index (χ4v) is 4.62. The maximum absolute atomic E-state index is 12.9. The number of nitro benzene ring substituents is 1. The number of sulfonamides is 1. The van der Waals surface area contributed by atoms with Crippen molar-refractivity contribution in [3.05, 3.63) is 33.9 Å². The SMILES string of the molecule is CCc1ccc([N+](=O)[O-])cc1S(=O)(=O)N(C)CC1CCN(C)CC1. The number of non-ortho nitro benzene ring substituents is 1. The first kappa shape index (κ1) is 18.8. The maximum Gasteiger partial charge on any atom is 0.270 e. The van der Waals surface area contributed by atoms with Crippen LogP contribution in [0.4, 0.5) is 5.69 Å². The highest BCUT2D eigenvalue weighted by Gasteiger charge is 2.28. The number of piperidine rings is 1. The Morgan fingerprint density at radius 2 is 1.96 bits per heavy atom. The topological polar surface area (TPSA) is 83.8 Å². The normalized spacial score (nSPS) is 17.3. The van der Waals surface area contributed by atoms with Crippen LogP contribution in [0.3, 0.4) is 0 Å².